The molecule has 1 aromatic heterocycles. The van der Waals surface area contributed by atoms with Crippen molar-refractivity contribution in [2.45, 2.75) is 32.5 Å². The van der Waals surface area contributed by atoms with Gasteiger partial charge in [-0.1, -0.05) is 13.8 Å². The maximum absolute atomic E-state index is 12.3. The molecule has 19 heavy (non-hydrogen) atoms. The lowest BCUT2D eigenvalue weighted by atomic mass is 10.0. The van der Waals surface area contributed by atoms with Crippen LogP contribution >= 0.6 is 0 Å². The van der Waals surface area contributed by atoms with Crippen LogP contribution in [0.4, 0.5) is 18.9 Å². The van der Waals surface area contributed by atoms with E-state index in [1.807, 2.05) is 13.8 Å². The Labute approximate surface area is 109 Å². The van der Waals surface area contributed by atoms with Gasteiger partial charge in [-0.2, -0.15) is 13.2 Å². The number of hydrogen-bond donors (Lipinski definition) is 2. The van der Waals surface area contributed by atoms with E-state index in [-0.39, 0.29) is 30.0 Å². The smallest absolute Gasteiger partial charge is 0.327 e. The quantitative estimate of drug-likeness (QED) is 0.886. The Bertz CT molecular complexity index is 429. The van der Waals surface area contributed by atoms with Crippen LogP contribution in [0.15, 0.2) is 18.3 Å². The molecule has 7 heteroatoms. The van der Waals surface area contributed by atoms with E-state index in [9.17, 15) is 18.0 Å². The van der Waals surface area contributed by atoms with Crippen molar-refractivity contribution in [3.63, 3.8) is 0 Å². The van der Waals surface area contributed by atoms with Gasteiger partial charge in [0.1, 0.15) is 5.69 Å². The third-order valence-electron chi connectivity index (χ3n) is 2.62. The molecule has 0 fully saturated rings. The van der Waals surface area contributed by atoms with Gasteiger partial charge in [0.2, 0.25) is 5.91 Å². The van der Waals surface area contributed by atoms with E-state index >= 15 is 0 Å². The normalized spacial score (nSPS) is 13.4. The largest absolute Gasteiger partial charge is 0.433 e. The predicted molar refractivity (Wildman–Crippen MR) is 65.3 cm³/mol. The standard InChI is InChI=1S/C12H16F3N3O/c1-7(2)9(16)5-11(19)18-8-3-4-10(17-6-8)12(13,14)15/h3-4,6-7,9H,5,16H2,1-2H3,(H,18,19). The van der Waals surface area contributed by atoms with Crippen LogP contribution in [0.3, 0.4) is 0 Å². The second kappa shape index (κ2) is 6.01. The topological polar surface area (TPSA) is 68.0 Å². The molecule has 0 aliphatic rings. The zero-order valence-electron chi connectivity index (χ0n) is 10.7. The summed E-state index contributed by atoms with van der Waals surface area (Å²) in [6.45, 7) is 3.77. The summed E-state index contributed by atoms with van der Waals surface area (Å²) in [5.74, 6) is -0.195. The number of carbonyl (C=O) groups excluding carboxylic acids is 1. The molecule has 0 radical (unpaired) electrons. The van der Waals surface area contributed by atoms with Gasteiger partial charge in [0.25, 0.3) is 0 Å². The van der Waals surface area contributed by atoms with Crippen LogP contribution in [-0.2, 0) is 11.0 Å². The highest BCUT2D eigenvalue weighted by Gasteiger charge is 2.32. The Hall–Kier alpha value is -1.63. The Morgan fingerprint density at radius 1 is 1.42 bits per heavy atom. The molecule has 106 valence electrons. The maximum atomic E-state index is 12.3. The Kier molecular flexibility index (Phi) is 4.88. The number of pyridine rings is 1. The molecule has 0 saturated heterocycles. The Morgan fingerprint density at radius 3 is 2.47 bits per heavy atom. The van der Waals surface area contributed by atoms with E-state index < -0.39 is 11.9 Å². The lowest BCUT2D eigenvalue weighted by Crippen LogP contribution is -2.31. The van der Waals surface area contributed by atoms with Crippen LogP contribution < -0.4 is 11.1 Å². The van der Waals surface area contributed by atoms with Gasteiger partial charge in [-0.05, 0) is 18.1 Å². The summed E-state index contributed by atoms with van der Waals surface area (Å²) in [5, 5.41) is 2.46. The third-order valence-corrected chi connectivity index (χ3v) is 2.62. The van der Waals surface area contributed by atoms with Gasteiger partial charge in [0, 0.05) is 12.5 Å². The van der Waals surface area contributed by atoms with Gasteiger partial charge in [0.05, 0.1) is 11.9 Å². The van der Waals surface area contributed by atoms with Crippen molar-refractivity contribution in [3.05, 3.63) is 24.0 Å². The minimum Gasteiger partial charge on any atom is -0.327 e. The highest BCUT2D eigenvalue weighted by molar-refractivity contribution is 5.90. The van der Waals surface area contributed by atoms with Gasteiger partial charge >= 0.3 is 6.18 Å². The van der Waals surface area contributed by atoms with Gasteiger partial charge in [-0.15, -0.1) is 0 Å². The maximum Gasteiger partial charge on any atom is 0.433 e. The molecule has 1 unspecified atom stereocenters. The van der Waals surface area contributed by atoms with Crippen LogP contribution in [0.2, 0.25) is 0 Å². The number of nitrogens with zero attached hydrogens (tertiary/aromatic N) is 1. The molecule has 1 aromatic rings. The second-order valence-electron chi connectivity index (χ2n) is 4.59. The molecule has 0 aliphatic carbocycles. The fourth-order valence-electron chi connectivity index (χ4n) is 1.30. The lowest BCUT2D eigenvalue weighted by Gasteiger charge is -2.15. The number of nitrogens with two attached hydrogens (primary N) is 1. The molecule has 0 aromatic carbocycles. The summed E-state index contributed by atoms with van der Waals surface area (Å²) in [7, 11) is 0. The highest BCUT2D eigenvalue weighted by atomic mass is 19.4. The molecule has 0 aliphatic heterocycles. The van der Waals surface area contributed by atoms with Crippen molar-refractivity contribution >= 4 is 11.6 Å². The van der Waals surface area contributed by atoms with E-state index in [4.69, 9.17) is 5.73 Å². The van der Waals surface area contributed by atoms with Crippen LogP contribution in [0, 0.1) is 5.92 Å². The summed E-state index contributed by atoms with van der Waals surface area (Å²) < 4.78 is 36.8. The first-order chi connectivity index (χ1) is 8.70. The number of carbonyl (C=O) groups is 1. The zero-order chi connectivity index (χ0) is 14.6. The average molecular weight is 275 g/mol. The van der Waals surface area contributed by atoms with Crippen molar-refractivity contribution in [1.82, 2.24) is 4.98 Å². The number of alkyl halides is 3. The molecule has 3 N–H and O–H groups in total. The Balaban J connectivity index is 2.61. The molecule has 1 heterocycles. The number of rotatable bonds is 4. The Morgan fingerprint density at radius 2 is 2.05 bits per heavy atom. The first-order valence-electron chi connectivity index (χ1n) is 5.79. The predicted octanol–water partition coefficient (Wildman–Crippen LogP) is 2.41. The first-order valence-corrected chi connectivity index (χ1v) is 5.79. The SMILES string of the molecule is CC(C)C(N)CC(=O)Nc1ccc(C(F)(F)F)nc1. The van der Waals surface area contributed by atoms with E-state index in [1.165, 1.54) is 0 Å². The van der Waals surface area contributed by atoms with Gasteiger partial charge < -0.3 is 11.1 Å². The minimum absolute atomic E-state index is 0.110. The van der Waals surface area contributed by atoms with Crippen molar-refractivity contribution in [2.24, 2.45) is 11.7 Å². The second-order valence-corrected chi connectivity index (χ2v) is 4.59. The fraction of sp³-hybridized carbons (Fsp3) is 0.500. The highest BCUT2D eigenvalue weighted by Crippen LogP contribution is 2.27. The van der Waals surface area contributed by atoms with E-state index in [0.29, 0.717) is 0 Å². The van der Waals surface area contributed by atoms with Gasteiger partial charge in [0.15, 0.2) is 0 Å². The summed E-state index contributed by atoms with van der Waals surface area (Å²) in [6, 6.07) is 1.69. The minimum atomic E-state index is -4.48. The van der Waals surface area contributed by atoms with E-state index in [2.05, 4.69) is 10.3 Å². The number of nitrogens with one attached hydrogen (secondary N) is 1. The van der Waals surface area contributed by atoms with Crippen molar-refractivity contribution in [3.8, 4) is 0 Å². The molecule has 0 spiro atoms. The fourth-order valence-corrected chi connectivity index (χ4v) is 1.30. The van der Waals surface area contributed by atoms with Crippen LogP contribution in [-0.4, -0.2) is 16.9 Å². The van der Waals surface area contributed by atoms with E-state index in [1.54, 1.807) is 0 Å². The summed E-state index contributed by atoms with van der Waals surface area (Å²) in [4.78, 5) is 14.8. The summed E-state index contributed by atoms with van der Waals surface area (Å²) in [5.41, 5.74) is 4.95. The molecule has 0 bridgehead atoms. The molecule has 0 saturated carbocycles. The van der Waals surface area contributed by atoms with Crippen LogP contribution in [0.25, 0.3) is 0 Å². The number of halogens is 3. The lowest BCUT2D eigenvalue weighted by molar-refractivity contribution is -0.141. The molecule has 4 nitrogen and oxygen atoms in total. The summed E-state index contributed by atoms with van der Waals surface area (Å²) in [6.07, 6.45) is -3.40. The number of amides is 1. The first kappa shape index (κ1) is 15.4. The summed E-state index contributed by atoms with van der Waals surface area (Å²) >= 11 is 0. The third kappa shape index (κ3) is 4.86. The molecule has 1 amide bonds. The van der Waals surface area contributed by atoms with Gasteiger partial charge in [-0.25, -0.2) is 4.98 Å². The number of aromatic nitrogens is 1. The zero-order valence-corrected chi connectivity index (χ0v) is 10.7. The monoisotopic (exact) mass is 275 g/mol. The van der Waals surface area contributed by atoms with E-state index in [0.717, 1.165) is 18.3 Å². The molecule has 1 rings (SSSR count). The van der Waals surface area contributed by atoms with Crippen LogP contribution in [0.5, 0.6) is 0 Å². The molecule has 1 atom stereocenters. The molecular formula is C12H16F3N3O. The average Bonchev–Trinajstić information content (AvgIpc) is 2.28. The van der Waals surface area contributed by atoms with Crippen LogP contribution in [0.1, 0.15) is 26.0 Å². The number of hydrogen-bond acceptors (Lipinski definition) is 3. The molecular weight excluding hydrogens is 259 g/mol. The van der Waals surface area contributed by atoms with Crippen molar-refractivity contribution in [1.29, 1.82) is 0 Å². The van der Waals surface area contributed by atoms with Gasteiger partial charge in [-0.3, -0.25) is 4.79 Å². The number of anilines is 1. The van der Waals surface area contributed by atoms with Crippen molar-refractivity contribution < 1.29 is 18.0 Å². The van der Waals surface area contributed by atoms with Crippen molar-refractivity contribution in [2.75, 3.05) is 5.32 Å².